The second-order valence-electron chi connectivity index (χ2n) is 9.81. The number of rotatable bonds is 8. The second-order valence-corrected chi connectivity index (χ2v) is 9.81. The number of hydrogen-bond acceptors (Lipinski definition) is 3. The van der Waals surface area contributed by atoms with Gasteiger partial charge in [0.05, 0.1) is 17.1 Å². The molecule has 0 aliphatic carbocycles. The minimum atomic E-state index is -0.255. The Morgan fingerprint density at radius 2 is 1.56 bits per heavy atom. The Labute approximate surface area is 202 Å². The normalized spacial score (nSPS) is 12.6. The molecule has 4 rings (SSSR count). The van der Waals surface area contributed by atoms with Gasteiger partial charge in [-0.2, -0.15) is 0 Å². The number of benzene rings is 3. The molecule has 0 spiro atoms. The highest BCUT2D eigenvalue weighted by atomic mass is 16.2. The molecule has 34 heavy (non-hydrogen) atoms. The van der Waals surface area contributed by atoms with Crippen molar-refractivity contribution in [3.8, 4) is 0 Å². The maximum Gasteiger partial charge on any atom is 0.254 e. The van der Waals surface area contributed by atoms with Crippen molar-refractivity contribution in [2.75, 3.05) is 13.1 Å². The Morgan fingerprint density at radius 3 is 2.21 bits per heavy atom. The lowest BCUT2D eigenvalue weighted by Crippen LogP contribution is -2.43. The quantitative estimate of drug-likeness (QED) is 0.373. The lowest BCUT2D eigenvalue weighted by Gasteiger charge is -2.40. The van der Waals surface area contributed by atoms with Crippen LogP contribution in [-0.4, -0.2) is 33.4 Å². The van der Waals surface area contributed by atoms with Crippen LogP contribution in [0.15, 0.2) is 84.9 Å². The van der Waals surface area contributed by atoms with Crippen LogP contribution in [-0.2, 0) is 6.54 Å². The summed E-state index contributed by atoms with van der Waals surface area (Å²) in [6.45, 7) is 8.32. The van der Waals surface area contributed by atoms with Gasteiger partial charge in [0.15, 0.2) is 0 Å². The summed E-state index contributed by atoms with van der Waals surface area (Å²) in [5.41, 5.74) is 9.53. The molecule has 0 bridgehead atoms. The molecule has 2 N–H and O–H groups in total. The van der Waals surface area contributed by atoms with Gasteiger partial charge in [-0.15, -0.1) is 0 Å². The van der Waals surface area contributed by atoms with E-state index < -0.39 is 0 Å². The van der Waals surface area contributed by atoms with Gasteiger partial charge in [0.25, 0.3) is 5.91 Å². The van der Waals surface area contributed by atoms with Crippen LogP contribution in [0.25, 0.3) is 11.0 Å². The van der Waals surface area contributed by atoms with Crippen molar-refractivity contribution in [1.82, 2.24) is 14.5 Å². The summed E-state index contributed by atoms with van der Waals surface area (Å²) < 4.78 is 2.27. The highest BCUT2D eigenvalue weighted by molar-refractivity contribution is 5.94. The van der Waals surface area contributed by atoms with E-state index >= 15 is 0 Å². The monoisotopic (exact) mass is 454 g/mol. The molecule has 0 fully saturated rings. The number of nitrogens with two attached hydrogens (primary N) is 1. The number of nitrogens with zero attached hydrogens (tertiary/aromatic N) is 3. The van der Waals surface area contributed by atoms with Gasteiger partial charge in [-0.25, -0.2) is 4.98 Å². The summed E-state index contributed by atoms with van der Waals surface area (Å²) in [5.74, 6) is 0.908. The van der Waals surface area contributed by atoms with Crippen molar-refractivity contribution in [2.45, 2.75) is 39.8 Å². The van der Waals surface area contributed by atoms with Crippen molar-refractivity contribution in [2.24, 2.45) is 11.1 Å². The number of para-hydroxylation sites is 2. The van der Waals surface area contributed by atoms with Crippen LogP contribution in [0.5, 0.6) is 0 Å². The Morgan fingerprint density at radius 1 is 0.941 bits per heavy atom. The number of hydrogen-bond donors (Lipinski definition) is 1. The van der Waals surface area contributed by atoms with Gasteiger partial charge in [0, 0.05) is 18.7 Å². The molecule has 0 saturated heterocycles. The Balaban J connectivity index is 1.88. The number of fused-ring (bicyclic) bond motifs is 1. The van der Waals surface area contributed by atoms with Gasteiger partial charge < -0.3 is 15.2 Å². The van der Waals surface area contributed by atoms with Crippen molar-refractivity contribution >= 4 is 16.9 Å². The molecule has 1 unspecified atom stereocenters. The van der Waals surface area contributed by atoms with E-state index in [0.717, 1.165) is 23.3 Å². The summed E-state index contributed by atoms with van der Waals surface area (Å²) >= 11 is 0. The van der Waals surface area contributed by atoms with E-state index in [2.05, 4.69) is 55.7 Å². The molecule has 176 valence electrons. The van der Waals surface area contributed by atoms with Crippen molar-refractivity contribution in [3.05, 3.63) is 102 Å². The molecule has 4 aromatic rings. The SMILES string of the molecule is CC(C)(C)C(c1nc2ccccc2n1Cc1ccccc1)N(CCCN)C(=O)c1ccccc1. The van der Waals surface area contributed by atoms with Gasteiger partial charge in [-0.3, -0.25) is 4.79 Å². The van der Waals surface area contributed by atoms with Crippen molar-refractivity contribution in [3.63, 3.8) is 0 Å². The topological polar surface area (TPSA) is 64.2 Å². The smallest absolute Gasteiger partial charge is 0.254 e. The number of carbonyl (C=O) groups excluding carboxylic acids is 1. The first-order valence-electron chi connectivity index (χ1n) is 12.0. The van der Waals surface area contributed by atoms with Gasteiger partial charge in [-0.05, 0) is 48.2 Å². The van der Waals surface area contributed by atoms with Gasteiger partial charge in [0.2, 0.25) is 0 Å². The number of carbonyl (C=O) groups is 1. The molecule has 1 atom stereocenters. The van der Waals surface area contributed by atoms with E-state index in [1.165, 1.54) is 5.56 Å². The van der Waals surface area contributed by atoms with Crippen LogP contribution in [0.3, 0.4) is 0 Å². The van der Waals surface area contributed by atoms with E-state index in [9.17, 15) is 4.79 Å². The number of aromatic nitrogens is 2. The predicted octanol–water partition coefficient (Wildman–Crippen LogP) is 5.66. The summed E-state index contributed by atoms with van der Waals surface area (Å²) in [7, 11) is 0. The molecule has 1 amide bonds. The van der Waals surface area contributed by atoms with Gasteiger partial charge in [0.1, 0.15) is 5.82 Å². The Hall–Kier alpha value is -3.44. The molecule has 3 aromatic carbocycles. The summed E-state index contributed by atoms with van der Waals surface area (Å²) in [6, 6.07) is 27.9. The highest BCUT2D eigenvalue weighted by Crippen LogP contribution is 2.40. The van der Waals surface area contributed by atoms with Crippen LogP contribution in [0.4, 0.5) is 0 Å². The fourth-order valence-electron chi connectivity index (χ4n) is 4.59. The first-order valence-corrected chi connectivity index (χ1v) is 12.0. The van der Waals surface area contributed by atoms with Crippen LogP contribution in [0.1, 0.15) is 55.0 Å². The van der Waals surface area contributed by atoms with E-state index in [1.54, 1.807) is 0 Å². The molecule has 5 nitrogen and oxygen atoms in total. The van der Waals surface area contributed by atoms with Crippen LogP contribution < -0.4 is 5.73 Å². The lowest BCUT2D eigenvalue weighted by molar-refractivity contribution is 0.0483. The second kappa shape index (κ2) is 10.2. The highest BCUT2D eigenvalue weighted by Gasteiger charge is 2.38. The Bertz CT molecular complexity index is 1230. The minimum Gasteiger partial charge on any atom is -0.330 e. The maximum atomic E-state index is 13.8. The van der Waals surface area contributed by atoms with E-state index in [-0.39, 0.29) is 17.4 Å². The zero-order valence-corrected chi connectivity index (χ0v) is 20.3. The first kappa shape index (κ1) is 23.7. The van der Waals surface area contributed by atoms with E-state index in [4.69, 9.17) is 10.7 Å². The lowest BCUT2D eigenvalue weighted by atomic mass is 9.84. The van der Waals surface area contributed by atoms with E-state index in [1.807, 2.05) is 59.5 Å². The van der Waals surface area contributed by atoms with Crippen LogP contribution in [0, 0.1) is 5.41 Å². The maximum absolute atomic E-state index is 13.8. The number of amides is 1. The summed E-state index contributed by atoms with van der Waals surface area (Å²) in [5, 5.41) is 0. The third-order valence-corrected chi connectivity index (χ3v) is 6.13. The molecular formula is C29H34N4O. The summed E-state index contributed by atoms with van der Waals surface area (Å²) in [6.07, 6.45) is 0.726. The molecular weight excluding hydrogens is 420 g/mol. The zero-order valence-electron chi connectivity index (χ0n) is 20.3. The Kier molecular flexibility index (Phi) is 7.13. The molecule has 0 radical (unpaired) electrons. The van der Waals surface area contributed by atoms with Crippen molar-refractivity contribution in [1.29, 1.82) is 0 Å². The molecule has 5 heteroatoms. The fraction of sp³-hybridized carbons (Fsp3) is 0.310. The molecule has 1 aromatic heterocycles. The van der Waals surface area contributed by atoms with Gasteiger partial charge in [-0.1, -0.05) is 81.4 Å². The van der Waals surface area contributed by atoms with Gasteiger partial charge >= 0.3 is 0 Å². The van der Waals surface area contributed by atoms with Crippen LogP contribution >= 0.6 is 0 Å². The molecule has 1 heterocycles. The fourth-order valence-corrected chi connectivity index (χ4v) is 4.59. The third kappa shape index (κ3) is 5.05. The molecule has 0 saturated carbocycles. The average Bonchev–Trinajstić information content (AvgIpc) is 3.19. The van der Waals surface area contributed by atoms with Crippen molar-refractivity contribution < 1.29 is 4.79 Å². The molecule has 0 aliphatic heterocycles. The first-order chi connectivity index (χ1) is 16.4. The third-order valence-electron chi connectivity index (χ3n) is 6.13. The number of imidazole rings is 1. The summed E-state index contributed by atoms with van der Waals surface area (Å²) in [4.78, 5) is 20.9. The zero-order chi connectivity index (χ0) is 24.1. The van der Waals surface area contributed by atoms with E-state index in [0.29, 0.717) is 25.2 Å². The molecule has 0 aliphatic rings. The van der Waals surface area contributed by atoms with Crippen LogP contribution in [0.2, 0.25) is 0 Å². The standard InChI is InChI=1S/C29H34N4O/c1-29(2,3)26(32(20-12-19-30)28(34)23-15-8-5-9-16-23)27-31-24-17-10-11-18-25(24)33(27)21-22-13-6-4-7-14-22/h4-11,13-18,26H,12,19-21,30H2,1-3H3. The predicted molar refractivity (Wildman–Crippen MR) is 139 cm³/mol. The average molecular weight is 455 g/mol. The minimum absolute atomic E-state index is 0.00675. The largest absolute Gasteiger partial charge is 0.330 e.